The highest BCUT2D eigenvalue weighted by Crippen LogP contribution is 2.45. The van der Waals surface area contributed by atoms with Gasteiger partial charge in [0.25, 0.3) is 0 Å². The van der Waals surface area contributed by atoms with Crippen LogP contribution in [0.4, 0.5) is 0 Å². The lowest BCUT2D eigenvalue weighted by atomic mass is 9.99. The minimum atomic E-state index is -4.96. The molecule has 0 radical (unpaired) electrons. The highest BCUT2D eigenvalue weighted by atomic mass is 31.2. The third kappa shape index (κ3) is 69.8. The second-order valence-electron chi connectivity index (χ2n) is 28.9. The smallest absolute Gasteiger partial charge is 0.462 e. The molecule has 0 saturated heterocycles. The summed E-state index contributed by atoms with van der Waals surface area (Å²) in [5, 5.41) is 10.6. The molecule has 17 nitrogen and oxygen atoms in total. The summed E-state index contributed by atoms with van der Waals surface area (Å²) in [5.74, 6) is -0.572. The number of aliphatic hydroxyl groups excluding tert-OH is 1. The fourth-order valence-corrected chi connectivity index (χ4v) is 13.7. The van der Waals surface area contributed by atoms with Crippen molar-refractivity contribution in [3.63, 3.8) is 0 Å². The van der Waals surface area contributed by atoms with Crippen LogP contribution in [0.15, 0.2) is 0 Å². The van der Waals surface area contributed by atoms with E-state index in [9.17, 15) is 43.2 Å². The van der Waals surface area contributed by atoms with Gasteiger partial charge in [0.1, 0.15) is 19.3 Å². The van der Waals surface area contributed by atoms with Crippen LogP contribution in [0.3, 0.4) is 0 Å². The van der Waals surface area contributed by atoms with Gasteiger partial charge in [0.05, 0.1) is 26.4 Å². The molecular weight excluding hydrogens is 1280 g/mol. The number of carbonyl (C=O) groups is 4. The fourth-order valence-electron chi connectivity index (χ4n) is 12.1. The zero-order valence-corrected chi connectivity index (χ0v) is 65.9. The molecule has 19 heteroatoms. The van der Waals surface area contributed by atoms with Crippen LogP contribution in [0.5, 0.6) is 0 Å². The number of phosphoric ester groups is 2. The van der Waals surface area contributed by atoms with Crippen LogP contribution >= 0.6 is 15.6 Å². The molecule has 98 heavy (non-hydrogen) atoms. The number of phosphoric acid groups is 2. The first kappa shape index (κ1) is 96.1. The number of unbranched alkanes of at least 4 members (excludes halogenated alkanes) is 46. The number of aliphatic hydroxyl groups is 1. The lowest BCUT2D eigenvalue weighted by Gasteiger charge is -2.21. The molecule has 7 atom stereocenters. The number of esters is 4. The second kappa shape index (κ2) is 70.7. The van der Waals surface area contributed by atoms with Crippen molar-refractivity contribution in [2.45, 2.75) is 432 Å². The third-order valence-electron chi connectivity index (χ3n) is 19.2. The monoisotopic (exact) mass is 1440 g/mol. The number of hydrogen-bond acceptors (Lipinski definition) is 15. The number of hydrogen-bond donors (Lipinski definition) is 3. The highest BCUT2D eigenvalue weighted by Gasteiger charge is 2.30. The third-order valence-corrected chi connectivity index (χ3v) is 21.1. The van der Waals surface area contributed by atoms with Crippen LogP contribution in [0, 0.1) is 11.8 Å². The average Bonchev–Trinajstić information content (AvgIpc) is 1.02. The largest absolute Gasteiger partial charge is 0.472 e. The molecule has 0 aliphatic heterocycles. The first-order chi connectivity index (χ1) is 47.4. The first-order valence-electron chi connectivity index (χ1n) is 41.1. The normalized spacial score (nSPS) is 14.5. The lowest BCUT2D eigenvalue weighted by Crippen LogP contribution is -2.30. The van der Waals surface area contributed by atoms with E-state index in [1.807, 2.05) is 0 Å². The summed E-state index contributed by atoms with van der Waals surface area (Å²) in [6, 6.07) is 0. The maximum atomic E-state index is 13.1. The Morgan fingerprint density at radius 1 is 0.286 bits per heavy atom. The molecule has 0 aliphatic carbocycles. The Kier molecular flexibility index (Phi) is 69.3. The molecule has 0 saturated carbocycles. The van der Waals surface area contributed by atoms with E-state index in [0.717, 1.165) is 108 Å². The predicted octanol–water partition coefficient (Wildman–Crippen LogP) is 23.5. The van der Waals surface area contributed by atoms with E-state index in [2.05, 4.69) is 41.5 Å². The molecule has 0 rings (SSSR count). The molecular formula is C79H154O17P2. The van der Waals surface area contributed by atoms with Gasteiger partial charge < -0.3 is 33.8 Å². The van der Waals surface area contributed by atoms with Crippen molar-refractivity contribution in [2.75, 3.05) is 39.6 Å². The van der Waals surface area contributed by atoms with Gasteiger partial charge in [-0.1, -0.05) is 363 Å². The number of rotatable bonds is 78. The van der Waals surface area contributed by atoms with E-state index >= 15 is 0 Å². The minimum absolute atomic E-state index is 0.107. The van der Waals surface area contributed by atoms with E-state index in [-0.39, 0.29) is 25.7 Å². The van der Waals surface area contributed by atoms with Crippen molar-refractivity contribution in [2.24, 2.45) is 11.8 Å². The first-order valence-corrected chi connectivity index (χ1v) is 44.1. The molecule has 0 bridgehead atoms. The summed E-state index contributed by atoms with van der Waals surface area (Å²) < 4.78 is 68.6. The average molecular weight is 1440 g/mol. The van der Waals surface area contributed by atoms with Crippen LogP contribution < -0.4 is 0 Å². The number of ether oxygens (including phenoxy) is 4. The molecule has 0 amide bonds. The van der Waals surface area contributed by atoms with Gasteiger partial charge in [0, 0.05) is 25.7 Å². The Hall–Kier alpha value is -1.94. The van der Waals surface area contributed by atoms with Crippen molar-refractivity contribution < 1.29 is 80.2 Å². The quantitative estimate of drug-likeness (QED) is 0.0222. The van der Waals surface area contributed by atoms with Crippen molar-refractivity contribution in [1.29, 1.82) is 0 Å². The number of carbonyl (C=O) groups excluding carboxylic acids is 4. The Morgan fingerprint density at radius 3 is 0.724 bits per heavy atom. The molecule has 0 fully saturated rings. The van der Waals surface area contributed by atoms with Gasteiger partial charge in [-0.05, 0) is 37.5 Å². The summed E-state index contributed by atoms with van der Waals surface area (Å²) in [4.78, 5) is 72.9. The Morgan fingerprint density at radius 2 is 0.490 bits per heavy atom. The fraction of sp³-hybridized carbons (Fsp3) is 0.949. The molecule has 0 aromatic carbocycles. The minimum Gasteiger partial charge on any atom is -0.462 e. The summed E-state index contributed by atoms with van der Waals surface area (Å²) in [6.07, 6.45) is 59.7. The van der Waals surface area contributed by atoms with Crippen LogP contribution in [0.1, 0.15) is 414 Å². The predicted molar refractivity (Wildman–Crippen MR) is 400 cm³/mol. The van der Waals surface area contributed by atoms with Gasteiger partial charge in [0.2, 0.25) is 0 Å². The molecule has 0 spiro atoms. The van der Waals surface area contributed by atoms with Crippen molar-refractivity contribution >= 4 is 39.5 Å². The molecule has 582 valence electrons. The Bertz CT molecular complexity index is 1890. The van der Waals surface area contributed by atoms with Crippen LogP contribution in [-0.4, -0.2) is 96.7 Å². The second-order valence-corrected chi connectivity index (χ2v) is 31.8. The van der Waals surface area contributed by atoms with Gasteiger partial charge in [-0.15, -0.1) is 0 Å². The SMILES string of the molecule is CCCCCCCCCCCCCCCCCCCCCCCC(=O)O[C@H](COC(=O)CCCCCCCCCCCCC(C)CC)COP(=O)(O)OC[C@@H](O)COP(=O)(O)OC[C@@H](COC(=O)CCCCCCCCC(C)CC)OC(=O)CCCCCCCCCCCCCCC. The zero-order chi connectivity index (χ0) is 72.1. The van der Waals surface area contributed by atoms with Gasteiger partial charge >= 0.3 is 39.5 Å². The molecule has 0 aromatic rings. The summed E-state index contributed by atoms with van der Waals surface area (Å²) in [5.41, 5.74) is 0. The van der Waals surface area contributed by atoms with E-state index in [4.69, 9.17) is 37.0 Å². The summed E-state index contributed by atoms with van der Waals surface area (Å²) >= 11 is 0. The van der Waals surface area contributed by atoms with Crippen molar-refractivity contribution in [3.05, 3.63) is 0 Å². The van der Waals surface area contributed by atoms with Gasteiger partial charge in [-0.2, -0.15) is 0 Å². The summed E-state index contributed by atoms with van der Waals surface area (Å²) in [7, 11) is -9.92. The maximum Gasteiger partial charge on any atom is 0.472 e. The van der Waals surface area contributed by atoms with Crippen LogP contribution in [0.25, 0.3) is 0 Å². The van der Waals surface area contributed by atoms with E-state index < -0.39 is 97.5 Å². The standard InChI is InChI=1S/C79H154O17P2/c1-7-11-13-15-17-19-21-23-24-25-26-27-28-29-30-32-34-40-44-52-58-64-78(83)95-74(67-89-76(81)61-55-49-42-38-36-35-37-41-47-53-59-71(5)9-3)69-93-97(85,86)91-65-73(80)66-92-98(87,88)94-70-75(68-90-77(82)62-56-50-46-45-48-54-60-72(6)10-4)96-79(84)63-57-51-43-39-33-31-22-20-18-16-14-12-8-2/h71-75,80H,7-70H2,1-6H3,(H,85,86)(H,87,88)/t71?,72?,73-,74-,75-/m1/s1. The molecule has 3 N–H and O–H groups in total. The topological polar surface area (TPSA) is 237 Å². The van der Waals surface area contributed by atoms with Crippen LogP contribution in [0.2, 0.25) is 0 Å². The lowest BCUT2D eigenvalue weighted by molar-refractivity contribution is -0.161. The van der Waals surface area contributed by atoms with Crippen molar-refractivity contribution in [1.82, 2.24) is 0 Å². The maximum absolute atomic E-state index is 13.1. The van der Waals surface area contributed by atoms with Gasteiger partial charge in [-0.3, -0.25) is 37.3 Å². The molecule has 0 aliphatic rings. The Labute approximate surface area is 600 Å². The zero-order valence-electron chi connectivity index (χ0n) is 64.1. The Balaban J connectivity index is 5.22. The van der Waals surface area contributed by atoms with Gasteiger partial charge in [-0.25, -0.2) is 9.13 Å². The van der Waals surface area contributed by atoms with E-state index in [0.29, 0.717) is 25.7 Å². The molecule has 0 aromatic heterocycles. The highest BCUT2D eigenvalue weighted by molar-refractivity contribution is 7.47. The van der Waals surface area contributed by atoms with Crippen molar-refractivity contribution in [3.8, 4) is 0 Å². The van der Waals surface area contributed by atoms with Crippen LogP contribution in [-0.2, 0) is 65.4 Å². The molecule has 0 heterocycles. The van der Waals surface area contributed by atoms with E-state index in [1.54, 1.807) is 0 Å². The molecule has 4 unspecified atom stereocenters. The van der Waals surface area contributed by atoms with E-state index in [1.165, 1.54) is 225 Å². The van der Waals surface area contributed by atoms with Gasteiger partial charge in [0.15, 0.2) is 12.2 Å². The summed E-state index contributed by atoms with van der Waals surface area (Å²) in [6.45, 7) is 9.61.